The fourth-order valence-electron chi connectivity index (χ4n) is 2.55. The van der Waals surface area contributed by atoms with E-state index >= 15 is 0 Å². The SMILES string of the molecule is O=C(c1ccsc1)N1CCCN(C(=O)c2cc(Br)c[nH]2)CC1. The maximum absolute atomic E-state index is 12.4. The second kappa shape index (κ2) is 6.66. The van der Waals surface area contributed by atoms with Crippen LogP contribution in [-0.4, -0.2) is 52.8 Å². The third-order valence-electron chi connectivity index (χ3n) is 3.72. The van der Waals surface area contributed by atoms with Crippen molar-refractivity contribution in [1.29, 1.82) is 0 Å². The molecule has 7 heteroatoms. The highest BCUT2D eigenvalue weighted by molar-refractivity contribution is 9.10. The number of aromatic nitrogens is 1. The summed E-state index contributed by atoms with van der Waals surface area (Å²) in [5.41, 5.74) is 1.31. The van der Waals surface area contributed by atoms with Crippen molar-refractivity contribution in [2.45, 2.75) is 6.42 Å². The third-order valence-corrected chi connectivity index (χ3v) is 4.86. The molecule has 0 aliphatic carbocycles. The molecule has 116 valence electrons. The van der Waals surface area contributed by atoms with Crippen LogP contribution < -0.4 is 0 Å². The quantitative estimate of drug-likeness (QED) is 0.869. The standard InChI is InChI=1S/C15H16BrN3O2S/c16-12-8-13(17-9-12)15(21)19-4-1-3-18(5-6-19)14(20)11-2-7-22-10-11/h2,7-10,17H,1,3-6H2. The fraction of sp³-hybridized carbons (Fsp3) is 0.333. The van der Waals surface area contributed by atoms with Crippen molar-refractivity contribution in [1.82, 2.24) is 14.8 Å². The van der Waals surface area contributed by atoms with E-state index in [9.17, 15) is 9.59 Å². The maximum Gasteiger partial charge on any atom is 0.270 e. The monoisotopic (exact) mass is 381 g/mol. The number of H-pyrrole nitrogens is 1. The summed E-state index contributed by atoms with van der Waals surface area (Å²) in [6, 6.07) is 3.62. The molecule has 0 spiro atoms. The lowest BCUT2D eigenvalue weighted by molar-refractivity contribution is 0.0716. The van der Waals surface area contributed by atoms with Crippen molar-refractivity contribution in [3.8, 4) is 0 Å². The second-order valence-electron chi connectivity index (χ2n) is 5.18. The van der Waals surface area contributed by atoms with Gasteiger partial charge in [-0.2, -0.15) is 11.3 Å². The van der Waals surface area contributed by atoms with Crippen LogP contribution in [0.4, 0.5) is 0 Å². The molecule has 0 unspecified atom stereocenters. The van der Waals surface area contributed by atoms with Crippen LogP contribution in [0.15, 0.2) is 33.6 Å². The summed E-state index contributed by atoms with van der Waals surface area (Å²) in [4.78, 5) is 31.4. The first kappa shape index (κ1) is 15.3. The highest BCUT2D eigenvalue weighted by Crippen LogP contribution is 2.15. The lowest BCUT2D eigenvalue weighted by atomic mass is 10.3. The predicted octanol–water partition coefficient (Wildman–Crippen LogP) is 2.83. The first-order valence-corrected chi connectivity index (χ1v) is 8.83. The molecule has 1 aliphatic heterocycles. The maximum atomic E-state index is 12.4. The molecule has 5 nitrogen and oxygen atoms in total. The molecule has 1 N–H and O–H groups in total. The van der Waals surface area contributed by atoms with Gasteiger partial charge >= 0.3 is 0 Å². The van der Waals surface area contributed by atoms with Crippen LogP contribution in [-0.2, 0) is 0 Å². The Hall–Kier alpha value is -1.60. The van der Waals surface area contributed by atoms with Crippen LogP contribution in [0.2, 0.25) is 0 Å². The van der Waals surface area contributed by atoms with Gasteiger partial charge in [-0.3, -0.25) is 9.59 Å². The van der Waals surface area contributed by atoms with Gasteiger partial charge in [-0.05, 0) is 39.9 Å². The van der Waals surface area contributed by atoms with E-state index in [1.807, 2.05) is 21.7 Å². The Morgan fingerprint density at radius 1 is 1.14 bits per heavy atom. The fourth-order valence-corrected chi connectivity index (χ4v) is 3.53. The molecule has 2 amide bonds. The number of carbonyl (C=O) groups excluding carboxylic acids is 2. The van der Waals surface area contributed by atoms with Gasteiger partial charge in [0, 0.05) is 42.2 Å². The van der Waals surface area contributed by atoms with E-state index in [2.05, 4.69) is 20.9 Å². The number of nitrogens with zero attached hydrogens (tertiary/aromatic N) is 2. The van der Waals surface area contributed by atoms with Gasteiger partial charge in [-0.25, -0.2) is 0 Å². The number of halogens is 1. The van der Waals surface area contributed by atoms with Crippen molar-refractivity contribution in [3.05, 3.63) is 44.8 Å². The van der Waals surface area contributed by atoms with Gasteiger partial charge in [0.05, 0.1) is 5.56 Å². The largest absolute Gasteiger partial charge is 0.356 e. The molecule has 1 fully saturated rings. The van der Waals surface area contributed by atoms with Crippen LogP contribution in [0.5, 0.6) is 0 Å². The molecule has 2 aromatic rings. The van der Waals surface area contributed by atoms with Crippen molar-refractivity contribution in [2.24, 2.45) is 0 Å². The summed E-state index contributed by atoms with van der Waals surface area (Å²) < 4.78 is 0.861. The zero-order valence-corrected chi connectivity index (χ0v) is 14.3. The average Bonchev–Trinajstić information content (AvgIpc) is 3.13. The van der Waals surface area contributed by atoms with Crippen molar-refractivity contribution in [2.75, 3.05) is 26.2 Å². The van der Waals surface area contributed by atoms with E-state index in [1.165, 1.54) is 11.3 Å². The zero-order valence-electron chi connectivity index (χ0n) is 11.9. The molecule has 0 aromatic carbocycles. The van der Waals surface area contributed by atoms with Gasteiger partial charge < -0.3 is 14.8 Å². The molecule has 22 heavy (non-hydrogen) atoms. The molecule has 0 radical (unpaired) electrons. The van der Waals surface area contributed by atoms with Crippen molar-refractivity contribution in [3.63, 3.8) is 0 Å². The van der Waals surface area contributed by atoms with Crippen LogP contribution >= 0.6 is 27.3 Å². The second-order valence-corrected chi connectivity index (χ2v) is 6.88. The minimum atomic E-state index is -0.0180. The summed E-state index contributed by atoms with van der Waals surface area (Å²) in [5, 5.41) is 3.77. The number of thiophene rings is 1. The van der Waals surface area contributed by atoms with Crippen LogP contribution in [0, 0.1) is 0 Å². The number of carbonyl (C=O) groups is 2. The Labute approximate surface area is 141 Å². The highest BCUT2D eigenvalue weighted by atomic mass is 79.9. The van der Waals surface area contributed by atoms with E-state index in [1.54, 1.807) is 17.2 Å². The van der Waals surface area contributed by atoms with Crippen LogP contribution in [0.25, 0.3) is 0 Å². The Kier molecular flexibility index (Phi) is 4.63. The molecule has 0 saturated carbocycles. The number of hydrogen-bond donors (Lipinski definition) is 1. The third kappa shape index (κ3) is 3.25. The minimum Gasteiger partial charge on any atom is -0.356 e. The lowest BCUT2D eigenvalue weighted by Gasteiger charge is -2.21. The number of nitrogens with one attached hydrogen (secondary N) is 1. The average molecular weight is 382 g/mol. The smallest absolute Gasteiger partial charge is 0.270 e. The summed E-state index contributed by atoms with van der Waals surface area (Å²) in [6.45, 7) is 2.49. The molecular formula is C15H16BrN3O2S. The predicted molar refractivity (Wildman–Crippen MR) is 89.2 cm³/mol. The zero-order chi connectivity index (χ0) is 15.5. The number of rotatable bonds is 2. The molecule has 3 rings (SSSR count). The summed E-state index contributed by atoms with van der Waals surface area (Å²) in [6.07, 6.45) is 2.54. The first-order chi connectivity index (χ1) is 10.6. The normalized spacial score (nSPS) is 15.7. The minimum absolute atomic E-state index is 0.0180. The van der Waals surface area contributed by atoms with E-state index in [0.29, 0.717) is 31.9 Å². The summed E-state index contributed by atoms with van der Waals surface area (Å²) in [5.74, 6) is 0.0358. The Morgan fingerprint density at radius 3 is 2.45 bits per heavy atom. The van der Waals surface area contributed by atoms with Crippen molar-refractivity contribution < 1.29 is 9.59 Å². The van der Waals surface area contributed by atoms with Gasteiger partial charge in [0.25, 0.3) is 11.8 Å². The molecule has 1 aliphatic rings. The van der Waals surface area contributed by atoms with E-state index in [-0.39, 0.29) is 11.8 Å². The van der Waals surface area contributed by atoms with Gasteiger partial charge in [0.2, 0.25) is 0 Å². The van der Waals surface area contributed by atoms with Crippen molar-refractivity contribution >= 4 is 39.1 Å². The Balaban J connectivity index is 1.65. The molecule has 0 atom stereocenters. The molecule has 0 bridgehead atoms. The van der Waals surface area contributed by atoms with E-state index in [4.69, 9.17) is 0 Å². The van der Waals surface area contributed by atoms with Gasteiger partial charge in [-0.1, -0.05) is 0 Å². The number of amides is 2. The number of hydrogen-bond acceptors (Lipinski definition) is 3. The Morgan fingerprint density at radius 2 is 1.86 bits per heavy atom. The molecule has 1 saturated heterocycles. The van der Waals surface area contributed by atoms with Gasteiger partial charge in [-0.15, -0.1) is 0 Å². The van der Waals surface area contributed by atoms with Crippen LogP contribution in [0.3, 0.4) is 0 Å². The molecular weight excluding hydrogens is 366 g/mol. The van der Waals surface area contributed by atoms with Gasteiger partial charge in [0.1, 0.15) is 5.69 Å². The topological polar surface area (TPSA) is 56.4 Å². The lowest BCUT2D eigenvalue weighted by Crippen LogP contribution is -2.37. The van der Waals surface area contributed by atoms with E-state index < -0.39 is 0 Å². The van der Waals surface area contributed by atoms with E-state index in [0.717, 1.165) is 16.5 Å². The highest BCUT2D eigenvalue weighted by Gasteiger charge is 2.24. The van der Waals surface area contributed by atoms with Crippen LogP contribution in [0.1, 0.15) is 27.3 Å². The Bertz CT molecular complexity index is 668. The number of aromatic amines is 1. The molecule has 2 aromatic heterocycles. The van der Waals surface area contributed by atoms with Gasteiger partial charge in [0.15, 0.2) is 0 Å². The summed E-state index contributed by atoms with van der Waals surface area (Å²) >= 11 is 4.86. The first-order valence-electron chi connectivity index (χ1n) is 7.10. The molecule has 3 heterocycles. The summed E-state index contributed by atoms with van der Waals surface area (Å²) in [7, 11) is 0.